The number of rotatable bonds is 9. The summed E-state index contributed by atoms with van der Waals surface area (Å²) in [6, 6.07) is 23.1. The molecule has 11 atom stereocenters. The van der Waals surface area contributed by atoms with Crippen molar-refractivity contribution >= 4 is 29.6 Å². The van der Waals surface area contributed by atoms with Gasteiger partial charge in [-0.3, -0.25) is 14.4 Å². The summed E-state index contributed by atoms with van der Waals surface area (Å²) < 4.78 is 24.2. The van der Waals surface area contributed by atoms with Crippen LogP contribution >= 0.6 is 0 Å². The van der Waals surface area contributed by atoms with E-state index in [0.717, 1.165) is 6.92 Å². The lowest BCUT2D eigenvalue weighted by Gasteiger charge is -2.67. The van der Waals surface area contributed by atoms with E-state index in [-0.39, 0.29) is 35.3 Å². The van der Waals surface area contributed by atoms with Gasteiger partial charge in [-0.15, -0.1) is 0 Å². The second kappa shape index (κ2) is 15.4. The van der Waals surface area contributed by atoms with Gasteiger partial charge in [-0.1, -0.05) is 80.6 Å². The molecule has 1 amide bonds. The Balaban J connectivity index is 1.34. The topological polar surface area (TPSA) is 215 Å². The molecular formula is C45H49NO13. The van der Waals surface area contributed by atoms with Gasteiger partial charge in [0.1, 0.15) is 30.0 Å². The minimum atomic E-state index is -2.35. The van der Waals surface area contributed by atoms with E-state index in [1.54, 1.807) is 92.7 Å². The van der Waals surface area contributed by atoms with Crippen LogP contribution in [0.15, 0.2) is 102 Å². The van der Waals surface area contributed by atoms with Crippen molar-refractivity contribution in [3.05, 3.63) is 119 Å². The van der Waals surface area contributed by atoms with Gasteiger partial charge in [-0.25, -0.2) is 9.59 Å². The third-order valence-electron chi connectivity index (χ3n) is 13.2. The molecule has 7 rings (SSSR count). The molecule has 14 heteroatoms. The number of carbonyl (C=O) groups excluding carboxylic acids is 5. The minimum absolute atomic E-state index is 0.0540. The number of nitrogens with one attached hydrogen (secondary N) is 1. The first-order valence-electron chi connectivity index (χ1n) is 19.6. The van der Waals surface area contributed by atoms with Crippen LogP contribution in [-0.4, -0.2) is 104 Å². The Labute approximate surface area is 341 Å². The summed E-state index contributed by atoms with van der Waals surface area (Å²) in [5.41, 5.74) is -6.86. The third kappa shape index (κ3) is 6.76. The van der Waals surface area contributed by atoms with Gasteiger partial charge >= 0.3 is 17.9 Å². The summed E-state index contributed by atoms with van der Waals surface area (Å²) in [4.78, 5) is 69.5. The monoisotopic (exact) mass is 811 g/mol. The largest absolute Gasteiger partial charge is 0.456 e. The minimum Gasteiger partial charge on any atom is -0.456 e. The zero-order chi connectivity index (χ0) is 42.7. The van der Waals surface area contributed by atoms with Crippen LogP contribution in [0.5, 0.6) is 0 Å². The Kier molecular flexibility index (Phi) is 10.9. The molecule has 3 aliphatic carbocycles. The predicted octanol–water partition coefficient (Wildman–Crippen LogP) is 3.16. The highest BCUT2D eigenvalue weighted by molar-refractivity contribution is 5.95. The fourth-order valence-electron chi connectivity index (χ4n) is 9.94. The number of hydrogen-bond donors (Lipinski definition) is 5. The first kappa shape index (κ1) is 41.9. The van der Waals surface area contributed by atoms with E-state index in [2.05, 4.69) is 5.32 Å². The fourth-order valence-corrected chi connectivity index (χ4v) is 9.94. The van der Waals surface area contributed by atoms with Crippen LogP contribution in [-0.2, 0) is 33.3 Å². The number of ketones is 1. The van der Waals surface area contributed by atoms with Gasteiger partial charge in [0.15, 0.2) is 17.5 Å². The highest BCUT2D eigenvalue weighted by atomic mass is 16.6. The van der Waals surface area contributed by atoms with Crippen molar-refractivity contribution in [2.75, 3.05) is 6.61 Å². The smallest absolute Gasteiger partial charge is 0.338 e. The second-order valence-electron chi connectivity index (χ2n) is 16.8. The standard InChI is InChI=1S/C45H49NO13/c1-24-29(57-41(54)35(50)33(26-15-9-6-10-16-26)46-39(52)27-17-11-7-12-18-27)22-45(55)38(58-40(53)28-19-13-8-14-20-28)36-43(5,37(51)34(49)32(24)42(45,3)4)30(48)21-31-44(36,23-56-31)59-25(2)47/h6-20,29-31,33-36,38,48-50,55H,21-23H2,1-5H3,(H,46,52)/t29-,30-,31+,33?,34+,35+,36-,38-,43+,44-,45+/m0/s1. The average molecular weight is 812 g/mol. The van der Waals surface area contributed by atoms with Crippen molar-refractivity contribution in [2.24, 2.45) is 16.7 Å². The third-order valence-corrected chi connectivity index (χ3v) is 13.2. The molecule has 4 aliphatic rings. The molecule has 1 aliphatic heterocycles. The lowest BCUT2D eigenvalue weighted by atomic mass is 9.44. The molecule has 0 aromatic heterocycles. The van der Waals surface area contributed by atoms with Crippen molar-refractivity contribution < 1.29 is 63.3 Å². The zero-order valence-corrected chi connectivity index (χ0v) is 33.4. The van der Waals surface area contributed by atoms with E-state index < -0.39 is 107 Å². The molecule has 3 aromatic carbocycles. The van der Waals surface area contributed by atoms with Crippen molar-refractivity contribution in [3.63, 3.8) is 0 Å². The number of aliphatic hydroxyl groups excluding tert-OH is 3. The first-order valence-corrected chi connectivity index (χ1v) is 19.6. The van der Waals surface area contributed by atoms with Crippen LogP contribution in [0.25, 0.3) is 0 Å². The molecule has 5 N–H and O–H groups in total. The number of benzene rings is 3. The van der Waals surface area contributed by atoms with Crippen molar-refractivity contribution in [2.45, 2.75) is 101 Å². The molecule has 1 saturated heterocycles. The number of ether oxygens (including phenoxy) is 4. The Morgan fingerprint density at radius 1 is 0.864 bits per heavy atom. The predicted molar refractivity (Wildman–Crippen MR) is 208 cm³/mol. The molecule has 1 heterocycles. The van der Waals surface area contributed by atoms with Crippen LogP contribution in [0, 0.1) is 16.7 Å². The van der Waals surface area contributed by atoms with E-state index in [0.29, 0.717) is 5.56 Å². The number of hydrogen-bond acceptors (Lipinski definition) is 13. The van der Waals surface area contributed by atoms with Gasteiger partial charge < -0.3 is 44.7 Å². The molecule has 1 unspecified atom stereocenters. The second-order valence-corrected chi connectivity index (χ2v) is 16.8. The molecule has 0 spiro atoms. The molecule has 2 bridgehead atoms. The number of carbonyl (C=O) groups is 5. The van der Waals surface area contributed by atoms with Gasteiger partial charge in [0, 0.05) is 30.7 Å². The van der Waals surface area contributed by atoms with Crippen LogP contribution in [0.2, 0.25) is 0 Å². The fraction of sp³-hybridized carbons (Fsp3) is 0.444. The highest BCUT2D eigenvalue weighted by Gasteiger charge is 2.78. The Bertz CT molecular complexity index is 2160. The van der Waals surface area contributed by atoms with E-state index in [9.17, 15) is 44.4 Å². The number of esters is 3. The maximum absolute atomic E-state index is 15.0. The quantitative estimate of drug-likeness (QED) is 0.120. The van der Waals surface area contributed by atoms with Gasteiger partial charge in [0.05, 0.1) is 35.6 Å². The highest BCUT2D eigenvalue weighted by Crippen LogP contribution is 2.64. The Hall–Kier alpha value is -5.25. The number of aliphatic hydroxyl groups is 4. The molecule has 0 radical (unpaired) electrons. The molecule has 3 fully saturated rings. The van der Waals surface area contributed by atoms with Crippen LogP contribution in [0.3, 0.4) is 0 Å². The molecule has 59 heavy (non-hydrogen) atoms. The van der Waals surface area contributed by atoms with Gasteiger partial charge in [-0.2, -0.15) is 0 Å². The van der Waals surface area contributed by atoms with Gasteiger partial charge in [0.2, 0.25) is 0 Å². The molecule has 2 saturated carbocycles. The van der Waals surface area contributed by atoms with Crippen molar-refractivity contribution in [1.82, 2.24) is 5.32 Å². The summed E-state index contributed by atoms with van der Waals surface area (Å²) in [7, 11) is 0. The summed E-state index contributed by atoms with van der Waals surface area (Å²) in [5, 5.41) is 51.9. The Morgan fingerprint density at radius 3 is 2.00 bits per heavy atom. The molecule has 312 valence electrons. The van der Waals surface area contributed by atoms with Gasteiger partial charge in [0.25, 0.3) is 5.91 Å². The number of Topliss-reactive ketones (excluding diaryl/α,β-unsaturated/α-hetero) is 1. The lowest BCUT2D eigenvalue weighted by molar-refractivity contribution is -0.346. The van der Waals surface area contributed by atoms with E-state index in [1.165, 1.54) is 26.0 Å². The van der Waals surface area contributed by atoms with E-state index in [1.807, 2.05) is 0 Å². The summed E-state index contributed by atoms with van der Waals surface area (Å²) in [6.07, 6.45) is -10.5. The molecule has 14 nitrogen and oxygen atoms in total. The first-order chi connectivity index (χ1) is 27.9. The maximum Gasteiger partial charge on any atom is 0.338 e. The van der Waals surface area contributed by atoms with Gasteiger partial charge in [-0.05, 0) is 54.8 Å². The SMILES string of the molecule is CC(=O)O[C@@]12CO[C@@H]1C[C@H](O)[C@@]1(C)C(=O)[C@H](O)C3=C(C)[C@@H](OC(=O)[C@H](O)C(NC(=O)c4ccccc4)c4ccccc4)C[C@@](O)([C@@H](OC(=O)c4ccccc4)[C@H]21)C3(C)C. The summed E-state index contributed by atoms with van der Waals surface area (Å²) >= 11 is 0. The average Bonchev–Trinajstić information content (AvgIpc) is 3.21. The molecular weight excluding hydrogens is 762 g/mol. The summed E-state index contributed by atoms with van der Waals surface area (Å²) in [6.45, 7) is 6.89. The van der Waals surface area contributed by atoms with E-state index in [4.69, 9.17) is 18.9 Å². The van der Waals surface area contributed by atoms with Crippen LogP contribution < -0.4 is 5.32 Å². The van der Waals surface area contributed by atoms with Crippen LogP contribution in [0.1, 0.15) is 79.8 Å². The number of fused-ring (bicyclic) bond motifs is 5. The van der Waals surface area contributed by atoms with E-state index >= 15 is 0 Å². The zero-order valence-electron chi connectivity index (χ0n) is 33.4. The summed E-state index contributed by atoms with van der Waals surface area (Å²) in [5.74, 6) is -5.89. The molecule has 3 aromatic rings. The Morgan fingerprint density at radius 2 is 1.44 bits per heavy atom. The number of amides is 1. The van der Waals surface area contributed by atoms with Crippen molar-refractivity contribution in [3.8, 4) is 0 Å². The lowest BCUT2D eigenvalue weighted by Crippen LogP contribution is -2.81. The van der Waals surface area contributed by atoms with Crippen LogP contribution in [0.4, 0.5) is 0 Å². The van der Waals surface area contributed by atoms with Crippen molar-refractivity contribution in [1.29, 1.82) is 0 Å². The normalized spacial score (nSPS) is 33.0. The maximum atomic E-state index is 15.0.